The number of nitrogens with one attached hydrogen (secondary N) is 2. The minimum absolute atomic E-state index is 0.0568. The fourth-order valence-electron chi connectivity index (χ4n) is 2.53. The number of ether oxygens (including phenoxy) is 1. The second kappa shape index (κ2) is 7.16. The smallest absolute Gasteiger partial charge is 0.244 e. The molecule has 1 aliphatic heterocycles. The average Bonchev–Trinajstić information content (AvgIpc) is 2.98. The molecule has 0 saturated carbocycles. The van der Waals surface area contributed by atoms with E-state index in [1.54, 1.807) is 0 Å². The summed E-state index contributed by atoms with van der Waals surface area (Å²) >= 11 is 0. The van der Waals surface area contributed by atoms with Gasteiger partial charge < -0.3 is 10.1 Å². The van der Waals surface area contributed by atoms with Gasteiger partial charge >= 0.3 is 0 Å². The van der Waals surface area contributed by atoms with Crippen LogP contribution >= 0.6 is 0 Å². The molecule has 0 aliphatic carbocycles. The molecule has 130 valence electrons. The maximum atomic E-state index is 12.5. The summed E-state index contributed by atoms with van der Waals surface area (Å²) in [6.45, 7) is 2.16. The van der Waals surface area contributed by atoms with Crippen LogP contribution in [0.15, 0.2) is 28.0 Å². The van der Waals surface area contributed by atoms with E-state index in [-0.39, 0.29) is 15.5 Å². The molecule has 7 nitrogen and oxygen atoms in total. The Balaban J connectivity index is 2.19. The van der Waals surface area contributed by atoms with Crippen LogP contribution in [0.25, 0.3) is 0 Å². The lowest BCUT2D eigenvalue weighted by Crippen LogP contribution is -2.27. The third-order valence-electron chi connectivity index (χ3n) is 3.86. The van der Waals surface area contributed by atoms with E-state index in [9.17, 15) is 16.8 Å². The Kier molecular flexibility index (Phi) is 5.66. The Morgan fingerprint density at radius 1 is 1.30 bits per heavy atom. The van der Waals surface area contributed by atoms with Crippen molar-refractivity contribution in [1.29, 1.82) is 0 Å². The van der Waals surface area contributed by atoms with Crippen molar-refractivity contribution in [3.8, 4) is 5.75 Å². The number of benzene rings is 1. The molecule has 9 heteroatoms. The summed E-state index contributed by atoms with van der Waals surface area (Å²) in [4.78, 5) is -0.217. The molecule has 1 atom stereocenters. The molecule has 0 aromatic heterocycles. The van der Waals surface area contributed by atoms with Gasteiger partial charge in [0.25, 0.3) is 0 Å². The third kappa shape index (κ3) is 4.66. The van der Waals surface area contributed by atoms with Crippen LogP contribution in [0, 0.1) is 5.92 Å². The predicted octanol–water partition coefficient (Wildman–Crippen LogP) is 0.377. The Morgan fingerprint density at radius 3 is 2.61 bits per heavy atom. The van der Waals surface area contributed by atoms with Gasteiger partial charge in [0.05, 0.1) is 12.0 Å². The number of hydrogen-bond donors (Lipinski definition) is 2. The molecular weight excluding hydrogens is 340 g/mol. The molecule has 1 aromatic carbocycles. The van der Waals surface area contributed by atoms with Gasteiger partial charge in [0, 0.05) is 12.8 Å². The zero-order valence-corrected chi connectivity index (χ0v) is 14.8. The van der Waals surface area contributed by atoms with Crippen molar-refractivity contribution in [2.45, 2.75) is 22.6 Å². The molecule has 23 heavy (non-hydrogen) atoms. The van der Waals surface area contributed by atoms with E-state index in [0.717, 1.165) is 38.3 Å². The van der Waals surface area contributed by atoms with E-state index in [2.05, 4.69) is 10.0 Å². The van der Waals surface area contributed by atoms with Crippen LogP contribution in [-0.4, -0.2) is 49.8 Å². The van der Waals surface area contributed by atoms with E-state index < -0.39 is 19.9 Å². The number of sulfone groups is 1. The molecule has 0 bridgehead atoms. The second-order valence-corrected chi connectivity index (χ2v) is 9.38. The van der Waals surface area contributed by atoms with Gasteiger partial charge in [0.1, 0.15) is 10.6 Å². The van der Waals surface area contributed by atoms with E-state index in [1.165, 1.54) is 19.2 Å². The maximum absolute atomic E-state index is 12.5. The molecule has 2 N–H and O–H groups in total. The summed E-state index contributed by atoms with van der Waals surface area (Å²) in [6, 6.07) is 3.82. The van der Waals surface area contributed by atoms with Gasteiger partial charge in [-0.25, -0.2) is 21.6 Å². The summed E-state index contributed by atoms with van der Waals surface area (Å²) in [7, 11) is -5.99. The van der Waals surface area contributed by atoms with Crippen molar-refractivity contribution in [2.75, 3.05) is 33.0 Å². The Bertz CT molecular complexity index is 753. The zero-order valence-electron chi connectivity index (χ0n) is 13.2. The first kappa shape index (κ1) is 18.2. The quantitative estimate of drug-likeness (QED) is 0.727. The van der Waals surface area contributed by atoms with Gasteiger partial charge in [-0.1, -0.05) is 0 Å². The van der Waals surface area contributed by atoms with Gasteiger partial charge in [0.15, 0.2) is 9.84 Å². The number of methoxy groups -OCH3 is 1. The normalized spacial score (nSPS) is 19.0. The molecule has 0 spiro atoms. The van der Waals surface area contributed by atoms with Crippen LogP contribution < -0.4 is 14.8 Å². The summed E-state index contributed by atoms with van der Waals surface area (Å²) in [5.74, 6) is 0.578. The third-order valence-corrected chi connectivity index (χ3v) is 6.45. The minimum Gasteiger partial charge on any atom is -0.495 e. The molecule has 1 aliphatic rings. The van der Waals surface area contributed by atoms with Gasteiger partial charge in [-0.05, 0) is 50.0 Å². The van der Waals surface area contributed by atoms with Crippen LogP contribution in [0.4, 0.5) is 0 Å². The summed E-state index contributed by atoms with van der Waals surface area (Å²) < 4.78 is 55.8. The lowest BCUT2D eigenvalue weighted by Gasteiger charge is -2.13. The molecule has 2 rings (SSSR count). The zero-order chi connectivity index (χ0) is 17.1. The van der Waals surface area contributed by atoms with Gasteiger partial charge in [0.2, 0.25) is 10.0 Å². The Labute approximate surface area is 137 Å². The maximum Gasteiger partial charge on any atom is 0.244 e. The van der Waals surface area contributed by atoms with Gasteiger partial charge in [-0.3, -0.25) is 0 Å². The second-order valence-electron chi connectivity index (χ2n) is 5.63. The topological polar surface area (TPSA) is 102 Å². The van der Waals surface area contributed by atoms with E-state index in [4.69, 9.17) is 4.74 Å². The van der Waals surface area contributed by atoms with Crippen molar-refractivity contribution >= 4 is 19.9 Å². The molecule has 1 aromatic rings. The highest BCUT2D eigenvalue weighted by Gasteiger charge is 2.23. The Hall–Kier alpha value is -1.16. The summed E-state index contributed by atoms with van der Waals surface area (Å²) in [5.41, 5.74) is 0. The number of rotatable bonds is 7. The first-order chi connectivity index (χ1) is 10.7. The van der Waals surface area contributed by atoms with E-state index in [1.807, 2.05) is 0 Å². The highest BCUT2D eigenvalue weighted by atomic mass is 32.2. The van der Waals surface area contributed by atoms with E-state index in [0.29, 0.717) is 12.5 Å². The van der Waals surface area contributed by atoms with Crippen molar-refractivity contribution in [3.63, 3.8) is 0 Å². The predicted molar refractivity (Wildman–Crippen MR) is 86.9 cm³/mol. The number of sulfonamides is 1. The first-order valence-corrected chi connectivity index (χ1v) is 10.7. The van der Waals surface area contributed by atoms with Crippen molar-refractivity contribution in [1.82, 2.24) is 10.0 Å². The lowest BCUT2D eigenvalue weighted by atomic mass is 10.1. The van der Waals surface area contributed by atoms with E-state index >= 15 is 0 Å². The Morgan fingerprint density at radius 2 is 2.04 bits per heavy atom. The summed E-state index contributed by atoms with van der Waals surface area (Å²) in [5, 5.41) is 3.23. The van der Waals surface area contributed by atoms with Gasteiger partial charge in [-0.15, -0.1) is 0 Å². The SMILES string of the molecule is COc1ccc(S(C)(=O)=O)cc1S(=O)(=O)NCCC1CCNC1. The highest BCUT2D eigenvalue weighted by molar-refractivity contribution is 7.91. The fraction of sp³-hybridized carbons (Fsp3) is 0.571. The molecular formula is C14H22N2O5S2. The fourth-order valence-corrected chi connectivity index (χ4v) is 4.50. The van der Waals surface area contributed by atoms with Crippen LogP contribution in [0.5, 0.6) is 5.75 Å². The summed E-state index contributed by atoms with van der Waals surface area (Å²) in [6.07, 6.45) is 2.81. The van der Waals surface area contributed by atoms with Crippen LogP contribution in [-0.2, 0) is 19.9 Å². The van der Waals surface area contributed by atoms with Crippen LogP contribution in [0.3, 0.4) is 0 Å². The van der Waals surface area contributed by atoms with Crippen molar-refractivity contribution < 1.29 is 21.6 Å². The molecule has 1 saturated heterocycles. The van der Waals surface area contributed by atoms with Gasteiger partial charge in [-0.2, -0.15) is 0 Å². The van der Waals surface area contributed by atoms with Crippen LogP contribution in [0.2, 0.25) is 0 Å². The average molecular weight is 362 g/mol. The van der Waals surface area contributed by atoms with Crippen molar-refractivity contribution in [3.05, 3.63) is 18.2 Å². The first-order valence-electron chi connectivity index (χ1n) is 7.32. The number of hydrogen-bond acceptors (Lipinski definition) is 6. The highest BCUT2D eigenvalue weighted by Crippen LogP contribution is 2.26. The van der Waals surface area contributed by atoms with Crippen molar-refractivity contribution in [2.24, 2.45) is 5.92 Å². The lowest BCUT2D eigenvalue weighted by molar-refractivity contribution is 0.401. The molecule has 1 fully saturated rings. The molecule has 0 radical (unpaired) electrons. The van der Waals surface area contributed by atoms with Crippen LogP contribution in [0.1, 0.15) is 12.8 Å². The standard InChI is InChI=1S/C14H22N2O5S2/c1-21-13-4-3-12(22(2,17)18)9-14(13)23(19,20)16-8-6-11-5-7-15-10-11/h3-4,9,11,15-16H,5-8,10H2,1-2H3. The monoisotopic (exact) mass is 362 g/mol. The molecule has 0 amide bonds. The molecule has 1 unspecified atom stereocenters. The minimum atomic E-state index is -3.84. The molecule has 1 heterocycles. The largest absolute Gasteiger partial charge is 0.495 e.